The summed E-state index contributed by atoms with van der Waals surface area (Å²) in [6.45, 7) is 4.40. The van der Waals surface area contributed by atoms with Crippen LogP contribution in [0, 0.1) is 0 Å². The van der Waals surface area contributed by atoms with Gasteiger partial charge >= 0.3 is 0 Å². The highest BCUT2D eigenvalue weighted by atomic mass is 32.2. The summed E-state index contributed by atoms with van der Waals surface area (Å²) < 4.78 is 2.27. The van der Waals surface area contributed by atoms with E-state index in [1.807, 2.05) is 0 Å². The molecule has 0 amide bonds. The molecule has 0 unspecified atom stereocenters. The number of nitrogens with one attached hydrogen (secondary N) is 1. The number of hydrogen-bond acceptors (Lipinski definition) is 3. The molecule has 0 aliphatic carbocycles. The van der Waals surface area contributed by atoms with E-state index in [1.54, 1.807) is 11.9 Å². The molecule has 4 rings (SSSR count). The highest BCUT2D eigenvalue weighted by molar-refractivity contribution is 7.98. The van der Waals surface area contributed by atoms with Crippen molar-refractivity contribution >= 4 is 28.5 Å². The first kappa shape index (κ1) is 14.7. The Morgan fingerprint density at radius 2 is 1.78 bits per heavy atom. The summed E-state index contributed by atoms with van der Waals surface area (Å²) >= 11 is 1.77. The van der Waals surface area contributed by atoms with Crippen LogP contribution in [-0.2, 0) is 0 Å². The molecule has 0 bridgehead atoms. The lowest BCUT2D eigenvalue weighted by Crippen LogP contribution is -2.27. The van der Waals surface area contributed by atoms with Gasteiger partial charge in [0.05, 0.1) is 5.52 Å². The molecular weight excluding hydrogens is 302 g/mol. The van der Waals surface area contributed by atoms with Gasteiger partial charge in [0.1, 0.15) is 0 Å². The summed E-state index contributed by atoms with van der Waals surface area (Å²) in [4.78, 5) is 3.77. The first-order valence-electron chi connectivity index (χ1n) is 8.21. The molecule has 1 fully saturated rings. The van der Waals surface area contributed by atoms with Crippen LogP contribution in [0.15, 0.2) is 65.7 Å². The van der Waals surface area contributed by atoms with E-state index in [0.29, 0.717) is 0 Å². The summed E-state index contributed by atoms with van der Waals surface area (Å²) in [5.74, 6) is 0. The standard InChI is InChI=1S/C19H21N3S/c1-2-6-16(7-3-1)23-22-14-10-17-18(8-4-9-19(17)22)21-13-5-11-20-12-15-21/h1-4,6-10,14,20H,5,11-13,15H2. The molecule has 2 heterocycles. The Labute approximate surface area is 141 Å². The van der Waals surface area contributed by atoms with E-state index in [-0.39, 0.29) is 0 Å². The van der Waals surface area contributed by atoms with Crippen molar-refractivity contribution in [3.63, 3.8) is 0 Å². The molecule has 1 aromatic heterocycles. The molecule has 0 radical (unpaired) electrons. The molecular formula is C19H21N3S. The van der Waals surface area contributed by atoms with Crippen molar-refractivity contribution < 1.29 is 0 Å². The fraction of sp³-hybridized carbons (Fsp3) is 0.263. The van der Waals surface area contributed by atoms with E-state index >= 15 is 0 Å². The fourth-order valence-electron chi connectivity index (χ4n) is 3.16. The van der Waals surface area contributed by atoms with Crippen molar-refractivity contribution in [1.29, 1.82) is 0 Å². The molecule has 23 heavy (non-hydrogen) atoms. The number of rotatable bonds is 3. The molecule has 4 heteroatoms. The zero-order chi connectivity index (χ0) is 15.5. The smallest absolute Gasteiger partial charge is 0.0615 e. The maximum atomic E-state index is 3.48. The highest BCUT2D eigenvalue weighted by Gasteiger charge is 2.14. The Balaban J connectivity index is 1.68. The summed E-state index contributed by atoms with van der Waals surface area (Å²) in [6, 6.07) is 19.4. The van der Waals surface area contributed by atoms with Gasteiger partial charge in [0.2, 0.25) is 0 Å². The number of hydrogen-bond donors (Lipinski definition) is 1. The molecule has 2 aromatic carbocycles. The Morgan fingerprint density at radius 3 is 2.70 bits per heavy atom. The molecule has 0 atom stereocenters. The van der Waals surface area contributed by atoms with E-state index in [2.05, 4.69) is 75.0 Å². The third kappa shape index (κ3) is 3.09. The summed E-state index contributed by atoms with van der Waals surface area (Å²) in [5.41, 5.74) is 2.65. The van der Waals surface area contributed by atoms with Crippen molar-refractivity contribution in [2.24, 2.45) is 0 Å². The van der Waals surface area contributed by atoms with Crippen LogP contribution in [0.5, 0.6) is 0 Å². The zero-order valence-corrected chi connectivity index (χ0v) is 13.9. The van der Waals surface area contributed by atoms with E-state index < -0.39 is 0 Å². The number of anilines is 1. The van der Waals surface area contributed by atoms with Gasteiger partial charge in [-0.2, -0.15) is 0 Å². The maximum Gasteiger partial charge on any atom is 0.0615 e. The number of fused-ring (bicyclic) bond motifs is 1. The normalized spacial score (nSPS) is 15.7. The van der Waals surface area contributed by atoms with Gasteiger partial charge in [-0.25, -0.2) is 0 Å². The molecule has 118 valence electrons. The lowest BCUT2D eigenvalue weighted by atomic mass is 10.2. The van der Waals surface area contributed by atoms with E-state index in [0.717, 1.165) is 26.2 Å². The Kier molecular flexibility index (Phi) is 4.26. The lowest BCUT2D eigenvalue weighted by molar-refractivity contribution is 0.724. The van der Waals surface area contributed by atoms with Crippen molar-refractivity contribution in [2.45, 2.75) is 11.3 Å². The molecule has 1 aliphatic rings. The molecule has 1 aliphatic heterocycles. The molecule has 3 nitrogen and oxygen atoms in total. The average molecular weight is 323 g/mol. The van der Waals surface area contributed by atoms with Crippen LogP contribution in [0.3, 0.4) is 0 Å². The molecule has 1 saturated heterocycles. The van der Waals surface area contributed by atoms with Gasteiger partial charge in [0.15, 0.2) is 0 Å². The zero-order valence-electron chi connectivity index (χ0n) is 13.1. The molecule has 3 aromatic rings. The van der Waals surface area contributed by atoms with E-state index in [4.69, 9.17) is 0 Å². The van der Waals surface area contributed by atoms with E-state index in [1.165, 1.54) is 27.9 Å². The second kappa shape index (κ2) is 6.69. The summed E-state index contributed by atoms with van der Waals surface area (Å²) in [6.07, 6.45) is 3.39. The SMILES string of the molecule is c1ccc(Sn2ccc3c(N4CCCNCC4)cccc32)cc1. The van der Waals surface area contributed by atoms with Gasteiger partial charge in [0, 0.05) is 41.8 Å². The summed E-state index contributed by atoms with van der Waals surface area (Å²) in [5, 5.41) is 4.83. The van der Waals surface area contributed by atoms with Crippen LogP contribution < -0.4 is 10.2 Å². The average Bonchev–Trinajstić information content (AvgIpc) is 2.83. The minimum atomic E-state index is 1.07. The molecule has 0 saturated carbocycles. The minimum absolute atomic E-state index is 1.07. The highest BCUT2D eigenvalue weighted by Crippen LogP contribution is 2.32. The van der Waals surface area contributed by atoms with Crippen molar-refractivity contribution in [3.05, 3.63) is 60.8 Å². The second-order valence-electron chi connectivity index (χ2n) is 5.85. The van der Waals surface area contributed by atoms with Crippen LogP contribution >= 0.6 is 11.9 Å². The predicted molar refractivity (Wildman–Crippen MR) is 99.3 cm³/mol. The first-order chi connectivity index (χ1) is 11.4. The lowest BCUT2D eigenvalue weighted by Gasteiger charge is -2.23. The van der Waals surface area contributed by atoms with Gasteiger partial charge < -0.3 is 10.2 Å². The van der Waals surface area contributed by atoms with Crippen molar-refractivity contribution in [2.75, 3.05) is 31.1 Å². The largest absolute Gasteiger partial charge is 0.370 e. The fourth-order valence-corrected chi connectivity index (χ4v) is 4.05. The van der Waals surface area contributed by atoms with Crippen molar-refractivity contribution in [1.82, 2.24) is 9.29 Å². The van der Waals surface area contributed by atoms with Crippen LogP contribution in [0.4, 0.5) is 5.69 Å². The topological polar surface area (TPSA) is 20.2 Å². The maximum absolute atomic E-state index is 3.48. The number of benzene rings is 2. The van der Waals surface area contributed by atoms with Crippen LogP contribution in [0.2, 0.25) is 0 Å². The van der Waals surface area contributed by atoms with Crippen LogP contribution in [0.1, 0.15) is 6.42 Å². The summed E-state index contributed by atoms with van der Waals surface area (Å²) in [7, 11) is 0. The number of nitrogens with zero attached hydrogens (tertiary/aromatic N) is 2. The quantitative estimate of drug-likeness (QED) is 0.787. The Bertz CT molecular complexity index is 774. The van der Waals surface area contributed by atoms with Crippen molar-refractivity contribution in [3.8, 4) is 0 Å². The van der Waals surface area contributed by atoms with Gasteiger partial charge in [-0.15, -0.1) is 0 Å². The predicted octanol–water partition coefficient (Wildman–Crippen LogP) is 4.00. The van der Waals surface area contributed by atoms with Crippen LogP contribution in [-0.4, -0.2) is 30.2 Å². The third-order valence-electron chi connectivity index (χ3n) is 4.30. The monoisotopic (exact) mass is 323 g/mol. The first-order valence-corrected chi connectivity index (χ1v) is 8.98. The van der Waals surface area contributed by atoms with Gasteiger partial charge in [-0.3, -0.25) is 3.97 Å². The van der Waals surface area contributed by atoms with Crippen LogP contribution in [0.25, 0.3) is 10.9 Å². The van der Waals surface area contributed by atoms with Gasteiger partial charge in [-0.05, 0) is 55.2 Å². The molecule has 1 N–H and O–H groups in total. The van der Waals surface area contributed by atoms with Gasteiger partial charge in [-0.1, -0.05) is 24.3 Å². The van der Waals surface area contributed by atoms with E-state index in [9.17, 15) is 0 Å². The Morgan fingerprint density at radius 1 is 0.870 bits per heavy atom. The van der Waals surface area contributed by atoms with Gasteiger partial charge in [0.25, 0.3) is 0 Å². The second-order valence-corrected chi connectivity index (χ2v) is 6.89. The third-order valence-corrected chi connectivity index (χ3v) is 5.30. The number of aromatic nitrogens is 1. The minimum Gasteiger partial charge on any atom is -0.370 e. The Hall–Kier alpha value is -1.91. The molecule has 0 spiro atoms.